The van der Waals surface area contributed by atoms with Gasteiger partial charge >= 0.3 is 0 Å². The number of fused-ring (bicyclic) bond motifs is 1. The molecule has 0 unspecified atom stereocenters. The molecule has 3 rings (SSSR count). The maximum absolute atomic E-state index is 6.00. The molecule has 0 amide bonds. The molecule has 3 heterocycles. The van der Waals surface area contributed by atoms with E-state index in [4.69, 9.17) is 10.5 Å². The number of aliphatic imine (C=N–C) groups is 1. The molecule has 0 bridgehead atoms. The van der Waals surface area contributed by atoms with Crippen LogP contribution in [0.25, 0.3) is 0 Å². The topological polar surface area (TPSA) is 81.6 Å². The molecule has 0 saturated carbocycles. The molecule has 0 radical (unpaired) electrons. The van der Waals surface area contributed by atoms with Crippen LogP contribution in [0.4, 0.5) is 0 Å². The number of ether oxygens (including phenoxy) is 1. The van der Waals surface area contributed by atoms with Crippen molar-refractivity contribution in [2.75, 3.05) is 26.3 Å². The first-order valence-corrected chi connectivity index (χ1v) is 6.88. The lowest BCUT2D eigenvalue weighted by atomic mass is 10.2. The third-order valence-corrected chi connectivity index (χ3v) is 3.65. The van der Waals surface area contributed by atoms with E-state index in [0.29, 0.717) is 12.5 Å². The standard InChI is InChI=1S/C12H20N6O.HI/c13-12(17-5-7-19-8-6-17)14-9-11-16-15-10-3-1-2-4-18(10)11;/h1-9H2,(H2,13,14);1H. The third-order valence-electron chi connectivity index (χ3n) is 3.65. The number of nitrogens with two attached hydrogens (primary N) is 1. The van der Waals surface area contributed by atoms with Gasteiger partial charge in [0.1, 0.15) is 12.4 Å². The number of morpholine rings is 1. The van der Waals surface area contributed by atoms with Crippen molar-refractivity contribution >= 4 is 29.9 Å². The molecule has 0 aliphatic carbocycles. The number of rotatable bonds is 2. The predicted molar refractivity (Wildman–Crippen MR) is 86.1 cm³/mol. The first-order valence-electron chi connectivity index (χ1n) is 6.88. The average Bonchev–Trinajstić information content (AvgIpc) is 2.89. The first-order chi connectivity index (χ1) is 9.34. The molecule has 0 atom stereocenters. The number of aryl methyl sites for hydroxylation is 1. The SMILES string of the molecule is I.NC(=NCc1nnc2n1CCCC2)N1CCOCC1. The number of guanidine groups is 1. The lowest BCUT2D eigenvalue weighted by Crippen LogP contribution is -2.44. The lowest BCUT2D eigenvalue weighted by Gasteiger charge is -2.27. The zero-order valence-electron chi connectivity index (χ0n) is 11.5. The Morgan fingerprint density at radius 3 is 2.80 bits per heavy atom. The first kappa shape index (κ1) is 15.5. The third kappa shape index (κ3) is 3.40. The Morgan fingerprint density at radius 1 is 1.20 bits per heavy atom. The van der Waals surface area contributed by atoms with Gasteiger partial charge in [-0.15, -0.1) is 34.2 Å². The van der Waals surface area contributed by atoms with Gasteiger partial charge < -0.3 is 19.9 Å². The van der Waals surface area contributed by atoms with Gasteiger partial charge in [-0.1, -0.05) is 0 Å². The number of halogens is 1. The summed E-state index contributed by atoms with van der Waals surface area (Å²) >= 11 is 0. The van der Waals surface area contributed by atoms with Gasteiger partial charge in [0.15, 0.2) is 11.8 Å². The molecule has 1 aromatic rings. The fraction of sp³-hybridized carbons (Fsp3) is 0.750. The minimum atomic E-state index is 0. The molecule has 112 valence electrons. The number of aromatic nitrogens is 3. The molecule has 1 saturated heterocycles. The van der Waals surface area contributed by atoms with Crippen molar-refractivity contribution in [2.24, 2.45) is 10.7 Å². The fourth-order valence-electron chi connectivity index (χ4n) is 2.53. The van der Waals surface area contributed by atoms with E-state index in [-0.39, 0.29) is 24.0 Å². The smallest absolute Gasteiger partial charge is 0.191 e. The van der Waals surface area contributed by atoms with Crippen LogP contribution in [0.3, 0.4) is 0 Å². The predicted octanol–water partition coefficient (Wildman–Crippen LogP) is 0.379. The average molecular weight is 392 g/mol. The molecule has 8 heteroatoms. The Morgan fingerprint density at radius 2 is 2.00 bits per heavy atom. The molecule has 1 fully saturated rings. The zero-order chi connectivity index (χ0) is 13.1. The highest BCUT2D eigenvalue weighted by atomic mass is 127. The summed E-state index contributed by atoms with van der Waals surface area (Å²) < 4.78 is 7.48. The molecule has 0 spiro atoms. The van der Waals surface area contributed by atoms with Crippen LogP contribution >= 0.6 is 24.0 Å². The minimum Gasteiger partial charge on any atom is -0.378 e. The highest BCUT2D eigenvalue weighted by Gasteiger charge is 2.16. The Balaban J connectivity index is 0.00000147. The fourth-order valence-corrected chi connectivity index (χ4v) is 2.53. The van der Waals surface area contributed by atoms with Crippen LogP contribution in [0, 0.1) is 0 Å². The Bertz CT molecular complexity index is 469. The highest BCUT2D eigenvalue weighted by Crippen LogP contribution is 2.14. The Kier molecular flexibility index (Phi) is 5.58. The second kappa shape index (κ2) is 7.21. The Labute approximate surface area is 135 Å². The van der Waals surface area contributed by atoms with Gasteiger partial charge in [0.2, 0.25) is 0 Å². The molecule has 1 aromatic heterocycles. The minimum absolute atomic E-state index is 0. The van der Waals surface area contributed by atoms with Crippen molar-refractivity contribution in [1.29, 1.82) is 0 Å². The van der Waals surface area contributed by atoms with Crippen LogP contribution in [0.2, 0.25) is 0 Å². The van der Waals surface area contributed by atoms with E-state index in [0.717, 1.165) is 50.9 Å². The molecule has 2 aliphatic rings. The summed E-state index contributed by atoms with van der Waals surface area (Å²) in [5.41, 5.74) is 6.00. The number of hydrogen-bond acceptors (Lipinski definition) is 4. The van der Waals surface area contributed by atoms with Crippen molar-refractivity contribution in [3.05, 3.63) is 11.6 Å². The molecule has 7 nitrogen and oxygen atoms in total. The van der Waals surface area contributed by atoms with Gasteiger partial charge in [-0.2, -0.15) is 0 Å². The van der Waals surface area contributed by atoms with Gasteiger partial charge in [0.05, 0.1) is 13.2 Å². The van der Waals surface area contributed by atoms with Crippen LogP contribution in [0.5, 0.6) is 0 Å². The monoisotopic (exact) mass is 392 g/mol. The van der Waals surface area contributed by atoms with E-state index in [1.165, 1.54) is 12.8 Å². The van der Waals surface area contributed by atoms with E-state index < -0.39 is 0 Å². The summed E-state index contributed by atoms with van der Waals surface area (Å²) in [6.07, 6.45) is 3.42. The van der Waals surface area contributed by atoms with Crippen molar-refractivity contribution in [3.63, 3.8) is 0 Å². The van der Waals surface area contributed by atoms with Gasteiger partial charge in [0.25, 0.3) is 0 Å². The van der Waals surface area contributed by atoms with Crippen LogP contribution in [0.1, 0.15) is 24.5 Å². The normalized spacial score (nSPS) is 19.4. The summed E-state index contributed by atoms with van der Waals surface area (Å²) in [5, 5.41) is 8.44. The molecule has 0 aromatic carbocycles. The largest absolute Gasteiger partial charge is 0.378 e. The second-order valence-electron chi connectivity index (χ2n) is 4.92. The van der Waals surface area contributed by atoms with Crippen LogP contribution in [-0.2, 0) is 24.2 Å². The molecular formula is C12H21IN6O. The van der Waals surface area contributed by atoms with Gasteiger partial charge in [-0.05, 0) is 12.8 Å². The van der Waals surface area contributed by atoms with Gasteiger partial charge in [-0.25, -0.2) is 4.99 Å². The van der Waals surface area contributed by atoms with E-state index in [1.807, 2.05) is 0 Å². The highest BCUT2D eigenvalue weighted by molar-refractivity contribution is 14.0. The summed E-state index contributed by atoms with van der Waals surface area (Å²) in [7, 11) is 0. The van der Waals surface area contributed by atoms with E-state index in [2.05, 4.69) is 24.7 Å². The van der Waals surface area contributed by atoms with Gasteiger partial charge in [0, 0.05) is 26.1 Å². The van der Waals surface area contributed by atoms with Crippen molar-refractivity contribution < 1.29 is 4.74 Å². The Hall–Kier alpha value is -0.900. The van der Waals surface area contributed by atoms with Gasteiger partial charge in [-0.3, -0.25) is 0 Å². The lowest BCUT2D eigenvalue weighted by molar-refractivity contribution is 0.0674. The maximum Gasteiger partial charge on any atom is 0.191 e. The van der Waals surface area contributed by atoms with Crippen LogP contribution in [-0.4, -0.2) is 51.9 Å². The molecule has 2 N–H and O–H groups in total. The molecule has 2 aliphatic heterocycles. The zero-order valence-corrected chi connectivity index (χ0v) is 13.8. The van der Waals surface area contributed by atoms with Crippen molar-refractivity contribution in [2.45, 2.75) is 32.4 Å². The van der Waals surface area contributed by atoms with Crippen LogP contribution in [0.15, 0.2) is 4.99 Å². The number of nitrogens with zero attached hydrogens (tertiary/aromatic N) is 5. The summed E-state index contributed by atoms with van der Waals surface area (Å²) in [6, 6.07) is 0. The van der Waals surface area contributed by atoms with E-state index in [9.17, 15) is 0 Å². The van der Waals surface area contributed by atoms with Crippen molar-refractivity contribution in [1.82, 2.24) is 19.7 Å². The van der Waals surface area contributed by atoms with E-state index >= 15 is 0 Å². The summed E-state index contributed by atoms with van der Waals surface area (Å²) in [6.45, 7) is 4.58. The second-order valence-corrected chi connectivity index (χ2v) is 4.92. The van der Waals surface area contributed by atoms with Crippen molar-refractivity contribution in [3.8, 4) is 0 Å². The number of hydrogen-bond donors (Lipinski definition) is 1. The summed E-state index contributed by atoms with van der Waals surface area (Å²) in [5.74, 6) is 2.59. The molecule has 20 heavy (non-hydrogen) atoms. The van der Waals surface area contributed by atoms with E-state index in [1.54, 1.807) is 0 Å². The quantitative estimate of drug-likeness (QED) is 0.447. The summed E-state index contributed by atoms with van der Waals surface area (Å²) in [4.78, 5) is 6.49. The molecular weight excluding hydrogens is 371 g/mol. The van der Waals surface area contributed by atoms with Crippen LogP contribution < -0.4 is 5.73 Å². The maximum atomic E-state index is 6.00.